The van der Waals surface area contributed by atoms with Crippen LogP contribution in [-0.4, -0.2) is 41.0 Å². The summed E-state index contributed by atoms with van der Waals surface area (Å²) in [6.07, 6.45) is 0.898. The summed E-state index contributed by atoms with van der Waals surface area (Å²) in [5, 5.41) is 21.8. The van der Waals surface area contributed by atoms with Crippen LogP contribution in [0.25, 0.3) is 10.8 Å². The topological polar surface area (TPSA) is 78.4 Å². The van der Waals surface area contributed by atoms with Gasteiger partial charge >= 0.3 is 6.09 Å². The van der Waals surface area contributed by atoms with Crippen molar-refractivity contribution in [2.75, 3.05) is 24.5 Å². The number of amides is 1. The maximum atomic E-state index is 10.6. The van der Waals surface area contributed by atoms with Crippen LogP contribution in [0.4, 0.5) is 10.6 Å². The van der Waals surface area contributed by atoms with Gasteiger partial charge in [-0.2, -0.15) is 0 Å². The summed E-state index contributed by atoms with van der Waals surface area (Å²) >= 11 is 6.11. The van der Waals surface area contributed by atoms with E-state index in [1.54, 1.807) is 0 Å². The minimum absolute atomic E-state index is 0.374. The highest BCUT2D eigenvalue weighted by Crippen LogP contribution is 2.30. The number of fused-ring (bicyclic) bond motifs is 1. The van der Waals surface area contributed by atoms with Gasteiger partial charge in [-0.15, -0.1) is 10.2 Å². The SMILES string of the molecule is O=C(O)NCC1CCN(c2nnc(Cl)c3ccccc23)CC1. The third kappa shape index (κ3) is 3.06. The van der Waals surface area contributed by atoms with Crippen molar-refractivity contribution in [1.82, 2.24) is 15.5 Å². The Morgan fingerprint density at radius 2 is 1.95 bits per heavy atom. The van der Waals surface area contributed by atoms with Crippen LogP contribution >= 0.6 is 11.6 Å². The maximum absolute atomic E-state index is 10.6. The van der Waals surface area contributed by atoms with Crippen molar-refractivity contribution in [3.8, 4) is 0 Å². The Morgan fingerprint density at radius 1 is 1.27 bits per heavy atom. The van der Waals surface area contributed by atoms with E-state index in [0.717, 1.165) is 42.5 Å². The minimum Gasteiger partial charge on any atom is -0.465 e. The molecule has 1 fully saturated rings. The predicted octanol–water partition coefficient (Wildman–Crippen LogP) is 2.77. The van der Waals surface area contributed by atoms with E-state index in [0.29, 0.717) is 17.6 Å². The van der Waals surface area contributed by atoms with Crippen LogP contribution in [0.3, 0.4) is 0 Å². The molecule has 1 amide bonds. The standard InChI is InChI=1S/C15H17ClN4O2/c16-13-11-3-1-2-4-12(11)14(19-18-13)20-7-5-10(6-8-20)9-17-15(21)22/h1-4,10,17H,5-9H2,(H,21,22). The number of carboxylic acid groups (broad SMARTS) is 1. The lowest BCUT2D eigenvalue weighted by atomic mass is 9.96. The third-order valence-corrected chi connectivity index (χ3v) is 4.36. The van der Waals surface area contributed by atoms with Gasteiger partial charge in [-0.05, 0) is 18.8 Å². The largest absolute Gasteiger partial charge is 0.465 e. The first-order valence-corrected chi connectivity index (χ1v) is 7.65. The van der Waals surface area contributed by atoms with Gasteiger partial charge in [-0.25, -0.2) is 4.79 Å². The van der Waals surface area contributed by atoms with Gasteiger partial charge in [-0.1, -0.05) is 35.9 Å². The van der Waals surface area contributed by atoms with E-state index in [-0.39, 0.29) is 0 Å². The molecule has 116 valence electrons. The van der Waals surface area contributed by atoms with E-state index in [9.17, 15) is 4.79 Å². The number of piperidine rings is 1. The zero-order valence-electron chi connectivity index (χ0n) is 12.0. The smallest absolute Gasteiger partial charge is 0.404 e. The molecule has 6 nitrogen and oxygen atoms in total. The quantitative estimate of drug-likeness (QED) is 0.909. The van der Waals surface area contributed by atoms with Gasteiger partial charge in [0.1, 0.15) is 0 Å². The first-order valence-electron chi connectivity index (χ1n) is 7.28. The molecule has 1 aliphatic heterocycles. The fourth-order valence-electron chi connectivity index (χ4n) is 2.87. The van der Waals surface area contributed by atoms with E-state index in [2.05, 4.69) is 20.4 Å². The molecule has 0 aliphatic carbocycles. The van der Waals surface area contributed by atoms with Crippen LogP contribution in [0.2, 0.25) is 5.15 Å². The van der Waals surface area contributed by atoms with Crippen molar-refractivity contribution < 1.29 is 9.90 Å². The lowest BCUT2D eigenvalue weighted by molar-refractivity contribution is 0.191. The first kappa shape index (κ1) is 14.8. The molecule has 0 unspecified atom stereocenters. The molecule has 2 heterocycles. The summed E-state index contributed by atoms with van der Waals surface area (Å²) < 4.78 is 0. The normalized spacial score (nSPS) is 16.0. The van der Waals surface area contributed by atoms with Gasteiger partial charge in [-0.3, -0.25) is 0 Å². The Hall–Kier alpha value is -2.08. The van der Waals surface area contributed by atoms with Crippen LogP contribution in [0.15, 0.2) is 24.3 Å². The lowest BCUT2D eigenvalue weighted by Crippen LogP contribution is -2.38. The van der Waals surface area contributed by atoms with Crippen LogP contribution in [0.5, 0.6) is 0 Å². The van der Waals surface area contributed by atoms with E-state index < -0.39 is 6.09 Å². The molecule has 3 rings (SSSR count). The highest BCUT2D eigenvalue weighted by molar-refractivity contribution is 6.34. The second kappa shape index (κ2) is 6.36. The number of benzene rings is 1. The molecule has 22 heavy (non-hydrogen) atoms. The van der Waals surface area contributed by atoms with Gasteiger partial charge in [0.15, 0.2) is 11.0 Å². The number of nitrogens with zero attached hydrogens (tertiary/aromatic N) is 3. The fourth-order valence-corrected chi connectivity index (χ4v) is 3.07. The number of aromatic nitrogens is 2. The van der Waals surface area contributed by atoms with Gasteiger partial charge in [0.05, 0.1) is 0 Å². The molecule has 2 aromatic rings. The molecule has 0 bridgehead atoms. The summed E-state index contributed by atoms with van der Waals surface area (Å²) in [4.78, 5) is 12.8. The molecule has 1 saturated heterocycles. The van der Waals surface area contributed by atoms with Crippen molar-refractivity contribution in [3.63, 3.8) is 0 Å². The Kier molecular flexibility index (Phi) is 4.29. The van der Waals surface area contributed by atoms with Crippen molar-refractivity contribution in [2.24, 2.45) is 5.92 Å². The fraction of sp³-hybridized carbons (Fsp3) is 0.400. The summed E-state index contributed by atoms with van der Waals surface area (Å²) in [6.45, 7) is 2.19. The summed E-state index contributed by atoms with van der Waals surface area (Å²) in [5.74, 6) is 1.23. The molecule has 1 aliphatic rings. The average Bonchev–Trinajstić information content (AvgIpc) is 2.54. The van der Waals surface area contributed by atoms with Crippen LogP contribution in [0.1, 0.15) is 12.8 Å². The molecular formula is C15H17ClN4O2. The summed E-state index contributed by atoms with van der Waals surface area (Å²) in [6, 6.07) is 7.85. The predicted molar refractivity (Wildman–Crippen MR) is 85.5 cm³/mol. The average molecular weight is 321 g/mol. The number of hydrogen-bond acceptors (Lipinski definition) is 4. The van der Waals surface area contributed by atoms with Gasteiger partial charge in [0.25, 0.3) is 0 Å². The maximum Gasteiger partial charge on any atom is 0.404 e. The molecule has 0 atom stereocenters. The second-order valence-corrected chi connectivity index (χ2v) is 5.83. The summed E-state index contributed by atoms with van der Waals surface area (Å²) in [7, 11) is 0. The lowest BCUT2D eigenvalue weighted by Gasteiger charge is -2.33. The number of halogens is 1. The van der Waals surface area contributed by atoms with Gasteiger partial charge in [0.2, 0.25) is 0 Å². The molecule has 0 radical (unpaired) electrons. The Balaban J connectivity index is 1.74. The van der Waals surface area contributed by atoms with Gasteiger partial charge in [0, 0.05) is 30.4 Å². The summed E-state index contributed by atoms with van der Waals surface area (Å²) in [5.41, 5.74) is 0. The Morgan fingerprint density at radius 3 is 2.64 bits per heavy atom. The Bertz CT molecular complexity index is 686. The van der Waals surface area contributed by atoms with E-state index >= 15 is 0 Å². The van der Waals surface area contributed by atoms with Crippen molar-refractivity contribution >= 4 is 34.3 Å². The number of carbonyl (C=O) groups is 1. The second-order valence-electron chi connectivity index (χ2n) is 5.48. The molecule has 2 N–H and O–H groups in total. The molecule has 0 saturated carbocycles. The highest BCUT2D eigenvalue weighted by atomic mass is 35.5. The molecule has 1 aromatic heterocycles. The number of hydrogen-bond donors (Lipinski definition) is 2. The highest BCUT2D eigenvalue weighted by Gasteiger charge is 2.22. The van der Waals surface area contributed by atoms with E-state index in [4.69, 9.17) is 16.7 Å². The third-order valence-electron chi connectivity index (χ3n) is 4.08. The van der Waals surface area contributed by atoms with Crippen LogP contribution in [0, 0.1) is 5.92 Å². The molecule has 7 heteroatoms. The van der Waals surface area contributed by atoms with E-state index in [1.807, 2.05) is 24.3 Å². The zero-order chi connectivity index (χ0) is 15.5. The molecule has 0 spiro atoms. The number of nitrogens with one attached hydrogen (secondary N) is 1. The number of rotatable bonds is 3. The first-order chi connectivity index (χ1) is 10.6. The van der Waals surface area contributed by atoms with Crippen molar-refractivity contribution in [3.05, 3.63) is 29.4 Å². The molecule has 1 aromatic carbocycles. The van der Waals surface area contributed by atoms with Crippen LogP contribution in [-0.2, 0) is 0 Å². The Labute approximate surface area is 133 Å². The molecular weight excluding hydrogens is 304 g/mol. The van der Waals surface area contributed by atoms with E-state index in [1.165, 1.54) is 0 Å². The van der Waals surface area contributed by atoms with Crippen molar-refractivity contribution in [1.29, 1.82) is 0 Å². The number of anilines is 1. The van der Waals surface area contributed by atoms with Gasteiger partial charge < -0.3 is 15.3 Å². The minimum atomic E-state index is -0.961. The van der Waals surface area contributed by atoms with Crippen LogP contribution < -0.4 is 10.2 Å². The van der Waals surface area contributed by atoms with Crippen molar-refractivity contribution in [2.45, 2.75) is 12.8 Å². The zero-order valence-corrected chi connectivity index (χ0v) is 12.8. The monoisotopic (exact) mass is 320 g/mol.